The van der Waals surface area contributed by atoms with E-state index in [0.717, 1.165) is 25.7 Å². The molecule has 0 saturated heterocycles. The molecule has 1 aliphatic carbocycles. The fourth-order valence-corrected chi connectivity index (χ4v) is 2.71. The quantitative estimate of drug-likeness (QED) is 0.655. The summed E-state index contributed by atoms with van der Waals surface area (Å²) >= 11 is 0. The van der Waals surface area contributed by atoms with E-state index in [4.69, 9.17) is 5.73 Å². The molecule has 0 radical (unpaired) electrons. The summed E-state index contributed by atoms with van der Waals surface area (Å²) in [5.41, 5.74) is 6.67. The van der Waals surface area contributed by atoms with Crippen molar-refractivity contribution in [1.29, 1.82) is 0 Å². The maximum Gasteiger partial charge on any atom is 0.269 e. The lowest BCUT2D eigenvalue weighted by Gasteiger charge is -2.30. The topological polar surface area (TPSA) is 98.3 Å². The second-order valence-corrected chi connectivity index (χ2v) is 5.64. The molecule has 1 saturated carbocycles. The number of nitrogens with one attached hydrogen (secondary N) is 1. The van der Waals surface area contributed by atoms with Crippen molar-refractivity contribution in [3.8, 4) is 0 Å². The van der Waals surface area contributed by atoms with Crippen molar-refractivity contribution in [2.24, 2.45) is 5.73 Å². The molecular formula is C15H21N3O3. The minimum absolute atomic E-state index is 0.00000877. The van der Waals surface area contributed by atoms with E-state index < -0.39 is 10.8 Å². The van der Waals surface area contributed by atoms with Crippen LogP contribution >= 0.6 is 0 Å². The van der Waals surface area contributed by atoms with E-state index in [1.807, 2.05) is 0 Å². The Morgan fingerprint density at radius 2 is 2.14 bits per heavy atom. The van der Waals surface area contributed by atoms with E-state index in [1.54, 1.807) is 19.1 Å². The molecule has 114 valence electrons. The Balaban J connectivity index is 2.04. The van der Waals surface area contributed by atoms with Gasteiger partial charge in [-0.25, -0.2) is 0 Å². The molecule has 1 aliphatic rings. The minimum atomic E-state index is -0.453. The number of carbonyl (C=O) groups excluding carboxylic acids is 1. The van der Waals surface area contributed by atoms with Gasteiger partial charge in [0.1, 0.15) is 0 Å². The average Bonchev–Trinajstić information content (AvgIpc) is 2.49. The molecule has 2 rings (SSSR count). The van der Waals surface area contributed by atoms with Gasteiger partial charge in [-0.2, -0.15) is 0 Å². The molecule has 1 unspecified atom stereocenters. The normalized spacial score (nSPS) is 23.3. The number of nitro benzene ring substituents is 1. The first-order valence-corrected chi connectivity index (χ1v) is 7.29. The van der Waals surface area contributed by atoms with Crippen LogP contribution in [0.3, 0.4) is 0 Å². The third kappa shape index (κ3) is 3.78. The van der Waals surface area contributed by atoms with Gasteiger partial charge >= 0.3 is 0 Å². The first kappa shape index (κ1) is 15.4. The van der Waals surface area contributed by atoms with Gasteiger partial charge in [-0.1, -0.05) is 25.0 Å². The van der Waals surface area contributed by atoms with Crippen LogP contribution in [-0.4, -0.2) is 22.9 Å². The number of nitro groups is 1. The number of nitrogens with two attached hydrogens (primary N) is 1. The third-order valence-electron chi connectivity index (χ3n) is 4.12. The molecule has 1 fully saturated rings. The summed E-state index contributed by atoms with van der Waals surface area (Å²) in [5.74, 6) is -0.558. The van der Waals surface area contributed by atoms with E-state index in [9.17, 15) is 14.9 Å². The summed E-state index contributed by atoms with van der Waals surface area (Å²) in [4.78, 5) is 22.6. The predicted octanol–water partition coefficient (Wildman–Crippen LogP) is 2.08. The van der Waals surface area contributed by atoms with Gasteiger partial charge in [-0.05, 0) is 25.3 Å². The zero-order valence-electron chi connectivity index (χ0n) is 12.1. The summed E-state index contributed by atoms with van der Waals surface area (Å²) in [6.45, 7) is 1.75. The summed E-state index contributed by atoms with van der Waals surface area (Å²) in [6.07, 6.45) is 4.00. The predicted molar refractivity (Wildman–Crippen MR) is 79.9 cm³/mol. The van der Waals surface area contributed by atoms with Crippen molar-refractivity contribution >= 4 is 11.6 Å². The lowest BCUT2D eigenvalue weighted by molar-refractivity contribution is -0.384. The van der Waals surface area contributed by atoms with E-state index in [0.29, 0.717) is 5.56 Å². The lowest BCUT2D eigenvalue weighted by atomic mass is 9.90. The van der Waals surface area contributed by atoms with Gasteiger partial charge in [-0.3, -0.25) is 14.9 Å². The zero-order chi connectivity index (χ0) is 15.4. The highest BCUT2D eigenvalue weighted by Crippen LogP contribution is 2.22. The maximum atomic E-state index is 12.3. The SMILES string of the molecule is CC(C(=O)N[C@@H]1CCCC[C@H]1N)c1cccc([N+](=O)[O-])c1. The fourth-order valence-electron chi connectivity index (χ4n) is 2.71. The number of hydrogen-bond acceptors (Lipinski definition) is 4. The van der Waals surface area contributed by atoms with Crippen LogP contribution in [0.2, 0.25) is 0 Å². The van der Waals surface area contributed by atoms with Crippen molar-refractivity contribution < 1.29 is 9.72 Å². The van der Waals surface area contributed by atoms with Crippen molar-refractivity contribution in [2.45, 2.75) is 50.6 Å². The molecule has 0 bridgehead atoms. The number of benzene rings is 1. The summed E-state index contributed by atoms with van der Waals surface area (Å²) in [5, 5.41) is 13.8. The van der Waals surface area contributed by atoms with Crippen LogP contribution < -0.4 is 11.1 Å². The summed E-state index contributed by atoms with van der Waals surface area (Å²) < 4.78 is 0. The van der Waals surface area contributed by atoms with E-state index in [-0.39, 0.29) is 23.7 Å². The largest absolute Gasteiger partial charge is 0.351 e. The van der Waals surface area contributed by atoms with Gasteiger partial charge in [0.05, 0.1) is 10.8 Å². The summed E-state index contributed by atoms with van der Waals surface area (Å²) in [6, 6.07) is 6.21. The first-order valence-electron chi connectivity index (χ1n) is 7.29. The van der Waals surface area contributed by atoms with Crippen molar-refractivity contribution in [1.82, 2.24) is 5.32 Å². The highest BCUT2D eigenvalue weighted by atomic mass is 16.6. The van der Waals surface area contributed by atoms with Gasteiger partial charge in [0, 0.05) is 24.2 Å². The Bertz CT molecular complexity index is 533. The van der Waals surface area contributed by atoms with E-state index in [2.05, 4.69) is 5.32 Å². The number of hydrogen-bond donors (Lipinski definition) is 2. The number of amides is 1. The van der Waals surface area contributed by atoms with Crippen LogP contribution in [0.1, 0.15) is 44.1 Å². The highest BCUT2D eigenvalue weighted by Gasteiger charge is 2.26. The molecule has 0 aliphatic heterocycles. The molecule has 3 N–H and O–H groups in total. The van der Waals surface area contributed by atoms with Crippen LogP contribution in [0.15, 0.2) is 24.3 Å². The molecule has 6 heteroatoms. The second-order valence-electron chi connectivity index (χ2n) is 5.64. The number of carbonyl (C=O) groups is 1. The number of nitrogens with zero attached hydrogens (tertiary/aromatic N) is 1. The smallest absolute Gasteiger partial charge is 0.269 e. The summed E-state index contributed by atoms with van der Waals surface area (Å²) in [7, 11) is 0. The Hall–Kier alpha value is -1.95. The molecule has 1 aromatic rings. The maximum absolute atomic E-state index is 12.3. The molecule has 1 amide bonds. The van der Waals surface area contributed by atoms with Gasteiger partial charge in [0.15, 0.2) is 0 Å². The Labute approximate surface area is 123 Å². The first-order chi connectivity index (χ1) is 9.99. The third-order valence-corrected chi connectivity index (χ3v) is 4.12. The van der Waals surface area contributed by atoms with Crippen LogP contribution in [0, 0.1) is 10.1 Å². The fraction of sp³-hybridized carbons (Fsp3) is 0.533. The molecule has 6 nitrogen and oxygen atoms in total. The van der Waals surface area contributed by atoms with Crippen LogP contribution in [0.25, 0.3) is 0 Å². The Morgan fingerprint density at radius 1 is 1.43 bits per heavy atom. The standard InChI is InChI=1S/C15H21N3O3/c1-10(11-5-4-6-12(9-11)18(20)21)15(19)17-14-8-3-2-7-13(14)16/h4-6,9-10,13-14H,2-3,7-8,16H2,1H3,(H,17,19)/t10?,13-,14-/m1/s1. The van der Waals surface area contributed by atoms with E-state index in [1.165, 1.54) is 12.1 Å². The average molecular weight is 291 g/mol. The minimum Gasteiger partial charge on any atom is -0.351 e. The van der Waals surface area contributed by atoms with Crippen LogP contribution in [-0.2, 0) is 4.79 Å². The number of rotatable bonds is 4. The van der Waals surface area contributed by atoms with Gasteiger partial charge in [-0.15, -0.1) is 0 Å². The zero-order valence-corrected chi connectivity index (χ0v) is 12.1. The molecule has 0 spiro atoms. The Kier molecular flexibility index (Phi) is 4.90. The van der Waals surface area contributed by atoms with Gasteiger partial charge in [0.2, 0.25) is 5.91 Å². The molecular weight excluding hydrogens is 270 g/mol. The molecule has 0 aromatic heterocycles. The van der Waals surface area contributed by atoms with Gasteiger partial charge in [0.25, 0.3) is 5.69 Å². The van der Waals surface area contributed by atoms with Crippen molar-refractivity contribution in [3.63, 3.8) is 0 Å². The number of non-ortho nitro benzene ring substituents is 1. The lowest BCUT2D eigenvalue weighted by Crippen LogP contribution is -2.50. The van der Waals surface area contributed by atoms with Gasteiger partial charge < -0.3 is 11.1 Å². The molecule has 0 heterocycles. The van der Waals surface area contributed by atoms with E-state index >= 15 is 0 Å². The Morgan fingerprint density at radius 3 is 2.81 bits per heavy atom. The van der Waals surface area contributed by atoms with Crippen molar-refractivity contribution in [3.05, 3.63) is 39.9 Å². The molecule has 3 atom stereocenters. The van der Waals surface area contributed by atoms with Crippen LogP contribution in [0.5, 0.6) is 0 Å². The molecule has 21 heavy (non-hydrogen) atoms. The van der Waals surface area contributed by atoms with Crippen molar-refractivity contribution in [2.75, 3.05) is 0 Å². The van der Waals surface area contributed by atoms with Crippen LogP contribution in [0.4, 0.5) is 5.69 Å². The highest BCUT2D eigenvalue weighted by molar-refractivity contribution is 5.83. The molecule has 1 aromatic carbocycles. The monoisotopic (exact) mass is 291 g/mol. The second kappa shape index (κ2) is 6.67.